The van der Waals surface area contributed by atoms with Crippen molar-refractivity contribution >= 4 is 54.9 Å². The SMILES string of the molecule is C1=CCCC=CCC1.COc1cc(P(c2ccccc2)c2ccccc2)c(-c2c(P(c3ccccc3)c3ccccc3)cc(OC)nc2OC)c(OC)n1.F[B-](F)(F)F.[Rh]. The standard InChI is InChI=1S/C38H34N2O4P2.C8H12.BF4.Rh/c1-41-33-25-31(45(27-17-9-5-10-18-27)28-19-11-6-12-20-28)35(37(39-33)43-3)36-32(26-34(42-2)40-38(36)44-4)46(29-21-13-7-14-22-29)30-23-15-8-16-24-30;1-2-4-6-8-7-5-3-1;2-1(3,4)5;/h5-26H,1-4H3;1-2,7-8H,3-6H2;;/q;;-1;. The van der Waals surface area contributed by atoms with Crippen LogP contribution in [0.5, 0.6) is 23.5 Å². The Balaban J connectivity index is 0.000000488. The second kappa shape index (κ2) is 24.4. The molecule has 7 rings (SSSR count). The van der Waals surface area contributed by atoms with E-state index >= 15 is 0 Å². The van der Waals surface area contributed by atoms with Crippen LogP contribution in [0.3, 0.4) is 0 Å². The van der Waals surface area contributed by atoms with Crippen LogP contribution in [0.25, 0.3) is 11.1 Å². The van der Waals surface area contributed by atoms with Crippen LogP contribution in [0.4, 0.5) is 17.3 Å². The molecule has 0 N–H and O–H groups in total. The van der Waals surface area contributed by atoms with Crippen molar-refractivity contribution in [3.8, 4) is 34.6 Å². The molecule has 0 unspecified atom stereocenters. The van der Waals surface area contributed by atoms with Gasteiger partial charge in [-0.2, -0.15) is 9.97 Å². The van der Waals surface area contributed by atoms with E-state index in [1.165, 1.54) is 46.9 Å². The summed E-state index contributed by atoms with van der Waals surface area (Å²) >= 11 is 0. The average molecular weight is 943 g/mol. The van der Waals surface area contributed by atoms with E-state index in [1.807, 2.05) is 36.4 Å². The third-order valence-electron chi connectivity index (χ3n) is 8.81. The van der Waals surface area contributed by atoms with Crippen LogP contribution in [0.2, 0.25) is 0 Å². The van der Waals surface area contributed by atoms with E-state index < -0.39 is 23.1 Å². The third-order valence-corrected chi connectivity index (χ3v) is 13.7. The van der Waals surface area contributed by atoms with Gasteiger partial charge in [0, 0.05) is 42.2 Å². The maximum absolute atomic E-state index is 9.75. The molecule has 2 heterocycles. The van der Waals surface area contributed by atoms with Crippen molar-refractivity contribution in [2.24, 2.45) is 0 Å². The number of pyridine rings is 2. The number of aromatic nitrogens is 2. The zero-order chi connectivity index (χ0) is 42.0. The number of hydrogen-bond acceptors (Lipinski definition) is 6. The number of nitrogens with zero attached hydrogens (tertiary/aromatic N) is 2. The molecule has 0 saturated heterocycles. The van der Waals surface area contributed by atoms with Crippen LogP contribution >= 0.6 is 15.8 Å². The van der Waals surface area contributed by atoms with Gasteiger partial charge < -0.3 is 36.2 Å². The third kappa shape index (κ3) is 13.6. The van der Waals surface area contributed by atoms with E-state index in [0.29, 0.717) is 23.5 Å². The van der Waals surface area contributed by atoms with E-state index in [9.17, 15) is 17.3 Å². The Morgan fingerprint density at radius 2 is 0.683 bits per heavy atom. The molecule has 0 amide bonds. The summed E-state index contributed by atoms with van der Waals surface area (Å²) in [6, 6.07) is 46.2. The molecule has 6 nitrogen and oxygen atoms in total. The van der Waals surface area contributed by atoms with Gasteiger partial charge in [0.25, 0.3) is 0 Å². The number of ether oxygens (including phenoxy) is 4. The van der Waals surface area contributed by atoms with Gasteiger partial charge in [0.15, 0.2) is 0 Å². The average Bonchev–Trinajstić information content (AvgIpc) is 3.24. The van der Waals surface area contributed by atoms with E-state index in [4.69, 9.17) is 28.9 Å². The van der Waals surface area contributed by atoms with Crippen LogP contribution < -0.4 is 50.8 Å². The maximum atomic E-state index is 9.75. The number of allylic oxidation sites excluding steroid dienone is 4. The monoisotopic (exact) mass is 942 g/mol. The molecule has 315 valence electrons. The molecule has 0 saturated carbocycles. The summed E-state index contributed by atoms with van der Waals surface area (Å²) in [5, 5.41) is 6.73. The van der Waals surface area contributed by atoms with Crippen LogP contribution in [0.15, 0.2) is 158 Å². The Labute approximate surface area is 365 Å². The first-order chi connectivity index (χ1) is 28.7. The van der Waals surface area contributed by atoms with Gasteiger partial charge >= 0.3 is 7.25 Å². The summed E-state index contributed by atoms with van der Waals surface area (Å²) in [4.78, 5) is 9.68. The molecule has 0 spiro atoms. The molecule has 60 heavy (non-hydrogen) atoms. The first kappa shape index (κ1) is 47.8. The number of halogens is 4. The van der Waals surface area contributed by atoms with Gasteiger partial charge in [0.05, 0.1) is 39.6 Å². The van der Waals surface area contributed by atoms with Crippen LogP contribution in [0, 0.1) is 0 Å². The van der Waals surface area contributed by atoms with Crippen LogP contribution in [-0.4, -0.2) is 45.7 Å². The van der Waals surface area contributed by atoms with E-state index in [-0.39, 0.29) is 19.5 Å². The molecule has 4 aromatic carbocycles. The Kier molecular flexibility index (Phi) is 19.4. The molecule has 1 aliphatic carbocycles. The molecule has 14 heteroatoms. The number of benzene rings is 4. The van der Waals surface area contributed by atoms with Crippen LogP contribution in [-0.2, 0) is 19.5 Å². The normalized spacial score (nSPS) is 12.1. The first-order valence-corrected chi connectivity index (χ1v) is 21.6. The van der Waals surface area contributed by atoms with Gasteiger partial charge in [-0.05, 0) is 62.7 Å². The number of rotatable bonds is 11. The number of hydrogen-bond donors (Lipinski definition) is 0. The molecule has 0 atom stereocenters. The summed E-state index contributed by atoms with van der Waals surface area (Å²) in [6.07, 6.45) is 14.0. The van der Waals surface area contributed by atoms with E-state index in [2.05, 4.69) is 121 Å². The predicted molar refractivity (Wildman–Crippen MR) is 238 cm³/mol. The molecular formula is C46H46BF4N2O4P2Rh-. The molecular weight excluding hydrogens is 896 g/mol. The second-order valence-corrected chi connectivity index (χ2v) is 17.1. The minimum atomic E-state index is -6.00. The fourth-order valence-corrected chi connectivity index (χ4v) is 11.3. The van der Waals surface area contributed by atoms with E-state index in [1.54, 1.807) is 28.4 Å². The van der Waals surface area contributed by atoms with Crippen molar-refractivity contribution in [2.75, 3.05) is 28.4 Å². The minimum Gasteiger partial charge on any atom is -0.481 e. The number of methoxy groups -OCH3 is 4. The fraction of sp³-hybridized carbons (Fsp3) is 0.174. The van der Waals surface area contributed by atoms with Gasteiger partial charge in [-0.3, -0.25) is 0 Å². The van der Waals surface area contributed by atoms with Gasteiger partial charge in [0.2, 0.25) is 23.5 Å². The fourth-order valence-electron chi connectivity index (χ4n) is 6.32. The molecule has 0 aliphatic heterocycles. The van der Waals surface area contributed by atoms with E-state index in [0.717, 1.165) is 21.7 Å². The van der Waals surface area contributed by atoms with Gasteiger partial charge in [0.1, 0.15) is 0 Å². The van der Waals surface area contributed by atoms with Crippen molar-refractivity contribution < 1.29 is 55.7 Å². The van der Waals surface area contributed by atoms with Crippen LogP contribution in [0.1, 0.15) is 25.7 Å². The van der Waals surface area contributed by atoms with Crippen molar-refractivity contribution in [3.63, 3.8) is 0 Å². The summed E-state index contributed by atoms with van der Waals surface area (Å²) < 4.78 is 62.8. The summed E-state index contributed by atoms with van der Waals surface area (Å²) in [5.74, 6) is 1.78. The molecule has 1 radical (unpaired) electrons. The Morgan fingerprint density at radius 3 is 0.900 bits per heavy atom. The summed E-state index contributed by atoms with van der Waals surface area (Å²) in [7, 11) is -1.68. The predicted octanol–water partition coefficient (Wildman–Crippen LogP) is 9.66. The van der Waals surface area contributed by atoms with Gasteiger partial charge in [-0.1, -0.05) is 146 Å². The molecule has 6 aromatic rings. The van der Waals surface area contributed by atoms with Gasteiger partial charge in [-0.25, -0.2) is 0 Å². The quantitative estimate of drug-likeness (QED) is 0.0559. The van der Waals surface area contributed by atoms with Gasteiger partial charge in [-0.15, -0.1) is 0 Å². The zero-order valence-corrected chi connectivity index (χ0v) is 37.1. The first-order valence-electron chi connectivity index (χ1n) is 18.9. The smallest absolute Gasteiger partial charge is 0.481 e. The topological polar surface area (TPSA) is 62.7 Å². The zero-order valence-electron chi connectivity index (χ0n) is 33.7. The Bertz CT molecular complexity index is 2010. The van der Waals surface area contributed by atoms with Crippen molar-refractivity contribution in [1.82, 2.24) is 9.97 Å². The summed E-state index contributed by atoms with van der Waals surface area (Å²) in [6.45, 7) is 0. The molecule has 0 fully saturated rings. The van der Waals surface area contributed by atoms with Crippen molar-refractivity contribution in [2.45, 2.75) is 25.7 Å². The largest absolute Gasteiger partial charge is 0.673 e. The maximum Gasteiger partial charge on any atom is 0.673 e. The molecule has 0 bridgehead atoms. The van der Waals surface area contributed by atoms with Crippen molar-refractivity contribution in [3.05, 3.63) is 158 Å². The minimum absolute atomic E-state index is 0. The molecule has 2 aromatic heterocycles. The molecule has 1 aliphatic rings. The Morgan fingerprint density at radius 1 is 0.433 bits per heavy atom. The Hall–Kier alpha value is -4.87. The summed E-state index contributed by atoms with van der Waals surface area (Å²) in [5.41, 5.74) is 1.62. The second-order valence-electron chi connectivity index (χ2n) is 12.7. The van der Waals surface area contributed by atoms with Crippen molar-refractivity contribution in [1.29, 1.82) is 0 Å².